The van der Waals surface area contributed by atoms with E-state index in [1.165, 1.54) is 24.3 Å². The Morgan fingerprint density at radius 3 is 2.71 bits per heavy atom. The molecule has 108 valence electrons. The van der Waals surface area contributed by atoms with Crippen LogP contribution in [0.5, 0.6) is 17.2 Å². The van der Waals surface area contributed by atoms with Crippen LogP contribution in [0.3, 0.4) is 0 Å². The van der Waals surface area contributed by atoms with Gasteiger partial charge in [-0.05, 0) is 12.1 Å². The van der Waals surface area contributed by atoms with Crippen molar-refractivity contribution in [1.29, 1.82) is 0 Å². The standard InChI is InChI=1S/C14H11FN2O4/c15-7-2-1-3-10(18)13(7)14(19)17-9-5-12-11(4-8(9)16)20-6-21-12/h1-5,18H,6,16H2,(H,17,19). The third kappa shape index (κ3) is 2.29. The minimum absolute atomic E-state index is 0.0697. The molecule has 1 aliphatic rings. The highest BCUT2D eigenvalue weighted by Crippen LogP contribution is 2.38. The zero-order chi connectivity index (χ0) is 15.0. The molecule has 0 aromatic heterocycles. The van der Waals surface area contributed by atoms with Gasteiger partial charge in [0, 0.05) is 12.1 Å². The summed E-state index contributed by atoms with van der Waals surface area (Å²) in [4.78, 5) is 12.1. The van der Waals surface area contributed by atoms with Crippen molar-refractivity contribution in [1.82, 2.24) is 0 Å². The number of hydrogen-bond acceptors (Lipinski definition) is 5. The van der Waals surface area contributed by atoms with Crippen LogP contribution in [0.25, 0.3) is 0 Å². The molecule has 0 saturated carbocycles. The van der Waals surface area contributed by atoms with E-state index >= 15 is 0 Å². The third-order valence-electron chi connectivity index (χ3n) is 3.01. The Bertz CT molecular complexity index is 713. The molecule has 0 bridgehead atoms. The number of nitrogen functional groups attached to an aromatic ring is 1. The second kappa shape index (κ2) is 4.86. The fourth-order valence-electron chi connectivity index (χ4n) is 1.99. The maximum Gasteiger partial charge on any atom is 0.262 e. The molecule has 3 rings (SSSR count). The largest absolute Gasteiger partial charge is 0.507 e. The molecular formula is C14H11FN2O4. The summed E-state index contributed by atoms with van der Waals surface area (Å²) in [6.45, 7) is 0.0697. The number of rotatable bonds is 2. The van der Waals surface area contributed by atoms with Crippen LogP contribution in [-0.4, -0.2) is 17.8 Å². The van der Waals surface area contributed by atoms with Crippen LogP contribution >= 0.6 is 0 Å². The highest BCUT2D eigenvalue weighted by Gasteiger charge is 2.20. The number of hydrogen-bond donors (Lipinski definition) is 3. The van der Waals surface area contributed by atoms with E-state index in [-0.39, 0.29) is 18.2 Å². The van der Waals surface area contributed by atoms with E-state index in [0.29, 0.717) is 11.5 Å². The number of ether oxygens (including phenoxy) is 2. The summed E-state index contributed by atoms with van der Waals surface area (Å²) in [7, 11) is 0. The summed E-state index contributed by atoms with van der Waals surface area (Å²) in [5, 5.41) is 12.0. The Balaban J connectivity index is 1.92. The lowest BCUT2D eigenvalue weighted by Gasteiger charge is -2.10. The van der Waals surface area contributed by atoms with E-state index in [9.17, 15) is 14.3 Å². The second-order valence-electron chi connectivity index (χ2n) is 4.38. The molecule has 4 N–H and O–H groups in total. The molecule has 1 aliphatic heterocycles. The maximum absolute atomic E-state index is 13.6. The van der Waals surface area contributed by atoms with Gasteiger partial charge in [-0.25, -0.2) is 4.39 Å². The number of fused-ring (bicyclic) bond motifs is 1. The Morgan fingerprint density at radius 1 is 1.29 bits per heavy atom. The molecular weight excluding hydrogens is 279 g/mol. The fourth-order valence-corrected chi connectivity index (χ4v) is 1.99. The Kier molecular flexibility index (Phi) is 3.02. The molecule has 0 aliphatic carbocycles. The summed E-state index contributed by atoms with van der Waals surface area (Å²) >= 11 is 0. The summed E-state index contributed by atoms with van der Waals surface area (Å²) in [6.07, 6.45) is 0. The Hall–Kier alpha value is -2.96. The minimum Gasteiger partial charge on any atom is -0.507 e. The van der Waals surface area contributed by atoms with Crippen molar-refractivity contribution in [2.45, 2.75) is 0 Å². The van der Waals surface area contributed by atoms with Gasteiger partial charge in [0.05, 0.1) is 11.4 Å². The average molecular weight is 290 g/mol. The van der Waals surface area contributed by atoms with E-state index < -0.39 is 23.0 Å². The van der Waals surface area contributed by atoms with Crippen LogP contribution in [-0.2, 0) is 0 Å². The molecule has 2 aromatic rings. The molecule has 0 spiro atoms. The third-order valence-corrected chi connectivity index (χ3v) is 3.01. The smallest absolute Gasteiger partial charge is 0.262 e. The van der Waals surface area contributed by atoms with Gasteiger partial charge in [0.25, 0.3) is 5.91 Å². The topological polar surface area (TPSA) is 93.8 Å². The van der Waals surface area contributed by atoms with Gasteiger partial charge in [-0.2, -0.15) is 0 Å². The van der Waals surface area contributed by atoms with E-state index in [0.717, 1.165) is 6.07 Å². The molecule has 1 heterocycles. The van der Waals surface area contributed by atoms with Gasteiger partial charge in [0.2, 0.25) is 6.79 Å². The number of phenols is 1. The second-order valence-corrected chi connectivity index (χ2v) is 4.38. The maximum atomic E-state index is 13.6. The number of anilines is 2. The number of halogens is 1. The number of carbonyl (C=O) groups is 1. The molecule has 0 radical (unpaired) electrons. The van der Waals surface area contributed by atoms with E-state index in [4.69, 9.17) is 15.2 Å². The van der Waals surface area contributed by atoms with Crippen molar-refractivity contribution in [3.05, 3.63) is 41.7 Å². The van der Waals surface area contributed by atoms with Crippen molar-refractivity contribution < 1.29 is 23.8 Å². The summed E-state index contributed by atoms with van der Waals surface area (Å²) in [6, 6.07) is 6.58. The van der Waals surface area contributed by atoms with Gasteiger partial charge in [-0.1, -0.05) is 6.07 Å². The highest BCUT2D eigenvalue weighted by molar-refractivity contribution is 6.07. The van der Waals surface area contributed by atoms with Crippen molar-refractivity contribution in [3.8, 4) is 17.2 Å². The lowest BCUT2D eigenvalue weighted by molar-refractivity contribution is 0.102. The Morgan fingerprint density at radius 2 is 2.00 bits per heavy atom. The molecule has 0 atom stereocenters. The van der Waals surface area contributed by atoms with Crippen molar-refractivity contribution in [2.75, 3.05) is 17.8 Å². The number of amides is 1. The molecule has 2 aromatic carbocycles. The fraction of sp³-hybridized carbons (Fsp3) is 0.0714. The van der Waals surface area contributed by atoms with Gasteiger partial charge >= 0.3 is 0 Å². The van der Waals surface area contributed by atoms with Gasteiger partial charge in [-0.15, -0.1) is 0 Å². The van der Waals surface area contributed by atoms with Crippen LogP contribution < -0.4 is 20.5 Å². The van der Waals surface area contributed by atoms with E-state index in [1.54, 1.807) is 0 Å². The number of nitrogens with one attached hydrogen (secondary N) is 1. The van der Waals surface area contributed by atoms with Crippen LogP contribution in [0.15, 0.2) is 30.3 Å². The van der Waals surface area contributed by atoms with Crippen molar-refractivity contribution >= 4 is 17.3 Å². The van der Waals surface area contributed by atoms with Gasteiger partial charge < -0.3 is 25.6 Å². The summed E-state index contributed by atoms with van der Waals surface area (Å²) < 4.78 is 24.0. The number of phenolic OH excluding ortho intramolecular Hbond substituents is 1. The molecule has 0 saturated heterocycles. The summed E-state index contributed by atoms with van der Waals surface area (Å²) in [5.41, 5.74) is 5.82. The molecule has 21 heavy (non-hydrogen) atoms. The number of benzene rings is 2. The Labute approximate surface area is 118 Å². The first kappa shape index (κ1) is 13.0. The average Bonchev–Trinajstić information content (AvgIpc) is 2.86. The lowest BCUT2D eigenvalue weighted by Crippen LogP contribution is -2.15. The number of carbonyl (C=O) groups excluding carboxylic acids is 1. The first-order valence-corrected chi connectivity index (χ1v) is 6.04. The zero-order valence-electron chi connectivity index (χ0n) is 10.7. The summed E-state index contributed by atoms with van der Waals surface area (Å²) in [5.74, 6) is -1.19. The van der Waals surface area contributed by atoms with Crippen LogP contribution in [0.1, 0.15) is 10.4 Å². The first-order chi connectivity index (χ1) is 10.1. The van der Waals surface area contributed by atoms with Crippen molar-refractivity contribution in [2.24, 2.45) is 0 Å². The predicted molar refractivity (Wildman–Crippen MR) is 73.0 cm³/mol. The molecule has 1 amide bonds. The molecule has 0 fully saturated rings. The quantitative estimate of drug-likeness (QED) is 0.736. The van der Waals surface area contributed by atoms with Gasteiger partial charge in [0.15, 0.2) is 11.5 Å². The SMILES string of the molecule is Nc1cc2c(cc1NC(=O)c1c(O)cccc1F)OCO2. The van der Waals surface area contributed by atoms with E-state index in [1.807, 2.05) is 0 Å². The predicted octanol–water partition coefficient (Wildman–Crippen LogP) is 2.09. The lowest BCUT2D eigenvalue weighted by atomic mass is 10.1. The number of aromatic hydroxyl groups is 1. The normalized spacial score (nSPS) is 12.2. The minimum atomic E-state index is -0.827. The van der Waals surface area contributed by atoms with Gasteiger partial charge in [0.1, 0.15) is 17.1 Å². The van der Waals surface area contributed by atoms with Crippen LogP contribution in [0.2, 0.25) is 0 Å². The van der Waals surface area contributed by atoms with Crippen LogP contribution in [0.4, 0.5) is 15.8 Å². The highest BCUT2D eigenvalue weighted by atomic mass is 19.1. The van der Waals surface area contributed by atoms with Gasteiger partial charge in [-0.3, -0.25) is 4.79 Å². The molecule has 7 heteroatoms. The molecule has 6 nitrogen and oxygen atoms in total. The number of nitrogens with two attached hydrogens (primary N) is 1. The van der Waals surface area contributed by atoms with E-state index in [2.05, 4.69) is 5.32 Å². The first-order valence-electron chi connectivity index (χ1n) is 6.04. The molecule has 0 unspecified atom stereocenters. The van der Waals surface area contributed by atoms with Crippen molar-refractivity contribution in [3.63, 3.8) is 0 Å². The monoisotopic (exact) mass is 290 g/mol. The zero-order valence-corrected chi connectivity index (χ0v) is 10.7. The van der Waals surface area contributed by atoms with Crippen LogP contribution in [0, 0.1) is 5.82 Å².